The van der Waals surface area contributed by atoms with Gasteiger partial charge in [-0.1, -0.05) is 78.9 Å². The van der Waals surface area contributed by atoms with Crippen LogP contribution in [0.4, 0.5) is 0 Å². The molecule has 0 spiro atoms. The summed E-state index contributed by atoms with van der Waals surface area (Å²) in [5.74, 6) is 4.67. The van der Waals surface area contributed by atoms with E-state index in [2.05, 4.69) is 190 Å². The van der Waals surface area contributed by atoms with Crippen molar-refractivity contribution in [1.29, 1.82) is 5.26 Å². The van der Waals surface area contributed by atoms with E-state index in [9.17, 15) is 5.26 Å². The van der Waals surface area contributed by atoms with Crippen molar-refractivity contribution < 1.29 is 28.4 Å². The Morgan fingerprint density at radius 3 is 0.798 bits per heavy atom. The molecule has 10 heteroatoms. The van der Waals surface area contributed by atoms with E-state index in [-0.39, 0.29) is 0 Å². The average Bonchev–Trinajstić information content (AvgIpc) is 2.06. The topological polar surface area (TPSA) is 94.0 Å². The highest BCUT2D eigenvalue weighted by Crippen LogP contribution is 2.48. The first-order valence-corrected chi connectivity index (χ1v) is 27.7. The molecular weight excluding hydrogens is 1040 g/mol. The lowest BCUT2D eigenvalue weighted by molar-refractivity contribution is 0.415. The second-order valence-corrected chi connectivity index (χ2v) is 20.9. The normalized spacial score (nSPS) is 11.7. The summed E-state index contributed by atoms with van der Waals surface area (Å²) in [6.45, 7) is 0. The van der Waals surface area contributed by atoms with E-state index >= 15 is 0 Å². The number of nitrogens with zero attached hydrogens (tertiary/aromatic N) is 4. The summed E-state index contributed by atoms with van der Waals surface area (Å²) in [5, 5.41) is 16.6. The summed E-state index contributed by atoms with van der Waals surface area (Å²) in [4.78, 5) is 0. The summed E-state index contributed by atoms with van der Waals surface area (Å²) < 4.78 is 41.5. The molecule has 0 aliphatic carbocycles. The molecule has 14 rings (SSSR count). The van der Waals surface area contributed by atoms with Crippen LogP contribution in [-0.4, -0.2) is 56.4 Å². The number of methoxy groups -OCH3 is 6. The maximum Gasteiger partial charge on any atom is 0.119 e. The molecule has 0 amide bonds. The molecule has 0 N–H and O–H groups in total. The molecule has 408 valence electrons. The second-order valence-electron chi connectivity index (χ2n) is 20.9. The van der Waals surface area contributed by atoms with E-state index < -0.39 is 5.41 Å². The zero-order valence-electron chi connectivity index (χ0n) is 47.2. The van der Waals surface area contributed by atoms with E-state index in [0.29, 0.717) is 5.56 Å². The van der Waals surface area contributed by atoms with E-state index in [4.69, 9.17) is 28.4 Å². The van der Waals surface area contributed by atoms with Crippen molar-refractivity contribution in [2.75, 3.05) is 42.7 Å². The molecule has 3 aromatic heterocycles. The molecule has 0 unspecified atom stereocenters. The smallest absolute Gasteiger partial charge is 0.119 e. The van der Waals surface area contributed by atoms with E-state index in [0.717, 1.165) is 150 Å². The van der Waals surface area contributed by atoms with Gasteiger partial charge in [-0.25, -0.2) is 0 Å². The minimum absolute atomic E-state index is 0.615. The van der Waals surface area contributed by atoms with Crippen LogP contribution in [-0.2, 0) is 5.41 Å². The Morgan fingerprint density at radius 2 is 0.548 bits per heavy atom. The fraction of sp³-hybridized carbons (Fsp3) is 0.0946. The monoisotopic (exact) mass is 1100 g/mol. The lowest BCUT2D eigenvalue weighted by atomic mass is 9.65. The third-order valence-corrected chi connectivity index (χ3v) is 16.9. The minimum Gasteiger partial charge on any atom is -0.497 e. The Hall–Kier alpha value is -10.9. The van der Waals surface area contributed by atoms with Crippen molar-refractivity contribution >= 4 is 65.4 Å². The molecule has 0 fully saturated rings. The van der Waals surface area contributed by atoms with Crippen molar-refractivity contribution in [3.05, 3.63) is 258 Å². The molecule has 0 aliphatic rings. The minimum atomic E-state index is -0.923. The van der Waals surface area contributed by atoms with Crippen LogP contribution >= 0.6 is 0 Å². The Balaban J connectivity index is 1.02. The van der Waals surface area contributed by atoms with E-state index in [1.165, 1.54) is 0 Å². The van der Waals surface area contributed by atoms with Gasteiger partial charge < -0.3 is 42.1 Å². The molecule has 84 heavy (non-hydrogen) atoms. The predicted octanol–water partition coefficient (Wildman–Crippen LogP) is 17.0. The number of fused-ring (bicyclic) bond motifs is 9. The van der Waals surface area contributed by atoms with Crippen molar-refractivity contribution in [1.82, 2.24) is 13.7 Å². The maximum atomic E-state index is 10.3. The lowest BCUT2D eigenvalue weighted by Crippen LogP contribution is -2.31. The lowest BCUT2D eigenvalue weighted by Gasteiger charge is -2.37. The molecule has 0 radical (unpaired) electrons. The van der Waals surface area contributed by atoms with Gasteiger partial charge in [0.1, 0.15) is 34.5 Å². The van der Waals surface area contributed by atoms with Crippen LogP contribution in [0.25, 0.3) is 93.6 Å². The number of hydrogen-bond donors (Lipinski definition) is 0. The zero-order chi connectivity index (χ0) is 57.2. The molecule has 0 saturated carbocycles. The number of aromatic nitrogens is 3. The first kappa shape index (κ1) is 51.3. The first-order chi connectivity index (χ1) is 41.3. The Kier molecular flexibility index (Phi) is 12.6. The molecule has 11 aromatic carbocycles. The fourth-order valence-electron chi connectivity index (χ4n) is 12.9. The molecular formula is C74H56N4O6. The van der Waals surface area contributed by atoms with Gasteiger partial charge in [-0.2, -0.15) is 5.26 Å². The van der Waals surface area contributed by atoms with Crippen LogP contribution in [0, 0.1) is 11.3 Å². The molecule has 0 aliphatic heterocycles. The third kappa shape index (κ3) is 8.07. The van der Waals surface area contributed by atoms with Gasteiger partial charge >= 0.3 is 0 Å². The second kappa shape index (κ2) is 20.6. The van der Waals surface area contributed by atoms with Gasteiger partial charge in [0.05, 0.1) is 92.8 Å². The van der Waals surface area contributed by atoms with Crippen LogP contribution in [0.5, 0.6) is 34.5 Å². The van der Waals surface area contributed by atoms with Crippen LogP contribution in [0.2, 0.25) is 0 Å². The van der Waals surface area contributed by atoms with E-state index in [1.54, 1.807) is 42.7 Å². The van der Waals surface area contributed by atoms with Crippen LogP contribution in [0.3, 0.4) is 0 Å². The largest absolute Gasteiger partial charge is 0.497 e. The van der Waals surface area contributed by atoms with Crippen LogP contribution < -0.4 is 28.4 Å². The average molecular weight is 1100 g/mol. The molecule has 0 bridgehead atoms. The van der Waals surface area contributed by atoms with Crippen molar-refractivity contribution in [3.63, 3.8) is 0 Å². The number of rotatable bonds is 14. The Labute approximate surface area is 485 Å². The molecule has 14 aromatic rings. The quantitative estimate of drug-likeness (QED) is 0.100. The highest BCUT2D eigenvalue weighted by molar-refractivity contribution is 6.12. The van der Waals surface area contributed by atoms with Crippen molar-refractivity contribution in [2.45, 2.75) is 5.41 Å². The van der Waals surface area contributed by atoms with Crippen LogP contribution in [0.1, 0.15) is 27.8 Å². The van der Waals surface area contributed by atoms with Crippen LogP contribution in [0.15, 0.2) is 231 Å². The fourth-order valence-corrected chi connectivity index (χ4v) is 12.9. The molecule has 0 atom stereocenters. The zero-order valence-corrected chi connectivity index (χ0v) is 47.2. The number of ether oxygens (including phenoxy) is 6. The molecule has 10 nitrogen and oxygen atoms in total. The number of nitriles is 1. The van der Waals surface area contributed by atoms with Gasteiger partial charge in [-0.15, -0.1) is 0 Å². The van der Waals surface area contributed by atoms with Gasteiger partial charge in [0.15, 0.2) is 0 Å². The number of benzene rings is 11. The highest BCUT2D eigenvalue weighted by atomic mass is 16.5. The van der Waals surface area contributed by atoms with Crippen molar-refractivity contribution in [2.24, 2.45) is 0 Å². The Bertz CT molecular complexity index is 4310. The summed E-state index contributed by atoms with van der Waals surface area (Å²) in [6.07, 6.45) is 0. The highest BCUT2D eigenvalue weighted by Gasteiger charge is 2.39. The van der Waals surface area contributed by atoms with Gasteiger partial charge in [0.2, 0.25) is 0 Å². The van der Waals surface area contributed by atoms with Gasteiger partial charge in [0, 0.05) is 49.4 Å². The third-order valence-electron chi connectivity index (χ3n) is 16.9. The first-order valence-electron chi connectivity index (χ1n) is 27.7. The molecule has 0 saturated heterocycles. The SMILES string of the molecule is COc1ccc2c(c1)c1cc(OC)ccc1n2-c1ccc(C(c2ccc(-c3ccccc3C#N)cc2)(c2ccc(-n3c4ccc(OC)cc4c4cc(OC)ccc43)cc2)c2ccc(-n3c4ccc(OC)cc4c4cc(OC)ccc43)cc2)cc1. The maximum absolute atomic E-state index is 10.3. The summed E-state index contributed by atoms with van der Waals surface area (Å²) >= 11 is 0. The Morgan fingerprint density at radius 1 is 0.298 bits per heavy atom. The van der Waals surface area contributed by atoms with Gasteiger partial charge in [-0.05, 0) is 185 Å². The predicted molar refractivity (Wildman–Crippen MR) is 337 cm³/mol. The van der Waals surface area contributed by atoms with Gasteiger partial charge in [0.25, 0.3) is 0 Å². The van der Waals surface area contributed by atoms with Crippen molar-refractivity contribution in [3.8, 4) is 68.8 Å². The van der Waals surface area contributed by atoms with Gasteiger partial charge in [-0.3, -0.25) is 0 Å². The number of hydrogen-bond acceptors (Lipinski definition) is 7. The summed E-state index contributed by atoms with van der Waals surface area (Å²) in [7, 11) is 10.2. The molecule has 3 heterocycles. The standard InChI is InChI=1S/C74H56N4O6/c1-79-55-27-33-68-62(39-55)63-40-56(80-2)28-34-69(63)76(68)52-21-15-49(16-22-52)74(48-13-11-46(12-14-48)61-10-8-7-9-47(61)45-75,50-17-23-53(24-18-50)77-70-35-29-57(81-3)41-64(70)65-42-58(82-4)30-36-71(65)77)51-19-25-54(26-20-51)78-72-37-31-59(83-5)43-66(72)67-44-60(84-6)32-38-73(67)78/h7-44H,1-6H3. The summed E-state index contributed by atoms with van der Waals surface area (Å²) in [5.41, 5.74) is 14.9. The summed E-state index contributed by atoms with van der Waals surface area (Å²) in [6, 6.07) is 83.5. The van der Waals surface area contributed by atoms with E-state index in [1.807, 2.05) is 60.7 Å².